The Balaban J connectivity index is 1.52. The Morgan fingerprint density at radius 3 is 2.42 bits per heavy atom. The number of nitrogens with zero attached hydrogens (tertiary/aromatic N) is 2. The number of hydrogen-bond donors (Lipinski definition) is 1. The van der Waals surface area contributed by atoms with Crippen LogP contribution >= 0.6 is 11.6 Å². The van der Waals surface area contributed by atoms with E-state index in [4.69, 9.17) is 11.6 Å². The summed E-state index contributed by atoms with van der Waals surface area (Å²) in [5.41, 5.74) is 3.17. The molecular weight excluding hydrogens is 518 g/mol. The number of carbonyl (C=O) groups excluding carboxylic acids is 2. The van der Waals surface area contributed by atoms with E-state index in [1.807, 2.05) is 60.7 Å². The maximum atomic E-state index is 14.8. The van der Waals surface area contributed by atoms with E-state index < -0.39 is 5.54 Å². The second kappa shape index (κ2) is 11.1. The highest BCUT2D eigenvalue weighted by Crippen LogP contribution is 2.41. The molecule has 6 rings (SSSR count). The number of benzene rings is 3. The van der Waals surface area contributed by atoms with Gasteiger partial charge in [-0.25, -0.2) is 0 Å². The summed E-state index contributed by atoms with van der Waals surface area (Å²) >= 11 is 6.37. The second-order valence-corrected chi connectivity index (χ2v) is 11.9. The van der Waals surface area contributed by atoms with Crippen molar-refractivity contribution in [3.63, 3.8) is 0 Å². The molecule has 1 unspecified atom stereocenters. The minimum Gasteiger partial charge on any atom is -0.351 e. The maximum Gasteiger partial charge on any atom is 0.272 e. The number of carbonyl (C=O) groups is 2. The van der Waals surface area contributed by atoms with Crippen molar-refractivity contribution in [1.82, 2.24) is 14.8 Å². The number of fused-ring (bicyclic) bond motifs is 3. The molecule has 0 saturated heterocycles. The zero-order valence-corrected chi connectivity index (χ0v) is 23.8. The summed E-state index contributed by atoms with van der Waals surface area (Å²) in [7, 11) is 0. The van der Waals surface area contributed by atoms with Gasteiger partial charge in [0, 0.05) is 28.5 Å². The fourth-order valence-corrected chi connectivity index (χ4v) is 6.77. The zero-order valence-electron chi connectivity index (χ0n) is 23.0. The predicted molar refractivity (Wildman–Crippen MR) is 160 cm³/mol. The van der Waals surface area contributed by atoms with Gasteiger partial charge < -0.3 is 14.8 Å². The Morgan fingerprint density at radius 2 is 1.68 bits per heavy atom. The number of nitrogens with one attached hydrogen (secondary N) is 1. The maximum absolute atomic E-state index is 14.8. The minimum absolute atomic E-state index is 0.0987. The molecular formula is C34H36ClN3O2. The molecule has 1 fully saturated rings. The highest BCUT2D eigenvalue weighted by Gasteiger charge is 2.52. The predicted octanol–water partition coefficient (Wildman–Crippen LogP) is 7.38. The van der Waals surface area contributed by atoms with Crippen molar-refractivity contribution < 1.29 is 9.59 Å². The number of hydrogen-bond acceptors (Lipinski definition) is 2. The topological polar surface area (TPSA) is 54.3 Å². The Kier molecular flexibility index (Phi) is 7.41. The zero-order chi connectivity index (χ0) is 27.7. The summed E-state index contributed by atoms with van der Waals surface area (Å²) < 4.78 is 2.06. The third-order valence-electron chi connectivity index (χ3n) is 8.67. The van der Waals surface area contributed by atoms with E-state index >= 15 is 0 Å². The summed E-state index contributed by atoms with van der Waals surface area (Å²) in [6.07, 6.45) is 7.83. The molecule has 3 aromatic carbocycles. The number of aryl methyl sites for hydroxylation is 1. The number of amides is 2. The van der Waals surface area contributed by atoms with Gasteiger partial charge in [0.1, 0.15) is 5.69 Å². The molecule has 6 heteroatoms. The minimum atomic E-state index is -1.23. The normalized spacial score (nSPS) is 20.1. The average molecular weight is 554 g/mol. The van der Waals surface area contributed by atoms with Crippen molar-refractivity contribution in [2.45, 2.75) is 76.5 Å². The van der Waals surface area contributed by atoms with Gasteiger partial charge in [-0.1, -0.05) is 98.3 Å². The molecule has 1 atom stereocenters. The van der Waals surface area contributed by atoms with Crippen molar-refractivity contribution in [2.24, 2.45) is 0 Å². The van der Waals surface area contributed by atoms with E-state index in [0.717, 1.165) is 53.3 Å². The third-order valence-corrected chi connectivity index (χ3v) is 8.90. The summed E-state index contributed by atoms with van der Waals surface area (Å²) in [5.74, 6) is -0.267. The van der Waals surface area contributed by atoms with Gasteiger partial charge in [0.15, 0.2) is 5.54 Å². The fraction of sp³-hybridized carbons (Fsp3) is 0.353. The molecule has 1 N–H and O–H groups in total. The lowest BCUT2D eigenvalue weighted by Crippen LogP contribution is -2.64. The molecule has 4 aromatic rings. The van der Waals surface area contributed by atoms with Crippen molar-refractivity contribution >= 4 is 34.3 Å². The first kappa shape index (κ1) is 26.6. The average Bonchev–Trinajstić information content (AvgIpc) is 3.29. The van der Waals surface area contributed by atoms with Gasteiger partial charge in [-0.05, 0) is 60.7 Å². The number of halogens is 1. The molecule has 2 heterocycles. The van der Waals surface area contributed by atoms with Gasteiger partial charge in [-0.15, -0.1) is 0 Å². The molecule has 40 heavy (non-hydrogen) atoms. The Bertz CT molecular complexity index is 1540. The van der Waals surface area contributed by atoms with E-state index in [1.54, 1.807) is 4.90 Å². The van der Waals surface area contributed by atoms with E-state index in [1.165, 1.54) is 19.3 Å². The van der Waals surface area contributed by atoms with Crippen LogP contribution in [0, 0.1) is 6.92 Å². The number of rotatable bonds is 5. The summed E-state index contributed by atoms with van der Waals surface area (Å²) in [6, 6.07) is 25.7. The lowest BCUT2D eigenvalue weighted by molar-refractivity contribution is -0.136. The van der Waals surface area contributed by atoms with E-state index in [0.29, 0.717) is 17.3 Å². The first-order chi connectivity index (χ1) is 19.5. The van der Waals surface area contributed by atoms with Crippen molar-refractivity contribution in [2.75, 3.05) is 0 Å². The summed E-state index contributed by atoms with van der Waals surface area (Å²) in [4.78, 5) is 31.1. The molecule has 0 radical (unpaired) electrons. The van der Waals surface area contributed by atoms with Crippen LogP contribution in [0.3, 0.4) is 0 Å². The van der Waals surface area contributed by atoms with Crippen LogP contribution in [0.1, 0.15) is 72.1 Å². The standard InChI is InChI=1S/C34H36ClN3O2/c1-24-17-18-26-21-31-32(39)38(22-25-11-10-14-28(35)20-25)34(23-37(31)30(26)19-24,27-12-6-5-7-13-27)33(40)36-29-15-8-3-2-4-9-16-29/h5-7,10-14,17-21,29H,2-4,8-9,15-16,22-23H2,1H3,(H,36,40). The van der Waals surface area contributed by atoms with Gasteiger partial charge in [0.05, 0.1) is 6.54 Å². The smallest absolute Gasteiger partial charge is 0.272 e. The Labute approximate surface area is 241 Å². The summed E-state index contributed by atoms with van der Waals surface area (Å²) in [5, 5.41) is 5.06. The van der Waals surface area contributed by atoms with Crippen LogP contribution in [0.25, 0.3) is 10.9 Å². The van der Waals surface area contributed by atoms with Crippen molar-refractivity contribution in [3.05, 3.63) is 106 Å². The van der Waals surface area contributed by atoms with Crippen LogP contribution in [0.2, 0.25) is 5.02 Å². The second-order valence-electron chi connectivity index (χ2n) is 11.4. The molecule has 206 valence electrons. The van der Waals surface area contributed by atoms with Crippen LogP contribution in [0.15, 0.2) is 78.9 Å². The van der Waals surface area contributed by atoms with Crippen molar-refractivity contribution in [1.29, 1.82) is 0 Å². The Hall–Kier alpha value is -3.57. The highest BCUT2D eigenvalue weighted by molar-refractivity contribution is 6.30. The summed E-state index contributed by atoms with van der Waals surface area (Å²) in [6.45, 7) is 2.67. The van der Waals surface area contributed by atoms with E-state index in [9.17, 15) is 9.59 Å². The molecule has 0 bridgehead atoms. The van der Waals surface area contributed by atoms with Crippen LogP contribution < -0.4 is 5.32 Å². The van der Waals surface area contributed by atoms with Gasteiger partial charge in [0.2, 0.25) is 0 Å². The largest absolute Gasteiger partial charge is 0.351 e. The monoisotopic (exact) mass is 553 g/mol. The van der Waals surface area contributed by atoms with Crippen LogP contribution in [0.4, 0.5) is 0 Å². The molecule has 1 aromatic heterocycles. The van der Waals surface area contributed by atoms with Crippen molar-refractivity contribution in [3.8, 4) is 0 Å². The first-order valence-corrected chi connectivity index (χ1v) is 14.9. The highest BCUT2D eigenvalue weighted by atomic mass is 35.5. The molecule has 1 aliphatic carbocycles. The molecule has 0 spiro atoms. The van der Waals surface area contributed by atoms with Crippen LogP contribution in [0.5, 0.6) is 0 Å². The number of aromatic nitrogens is 1. The van der Waals surface area contributed by atoms with Gasteiger partial charge in [0.25, 0.3) is 11.8 Å². The van der Waals surface area contributed by atoms with E-state index in [2.05, 4.69) is 35.0 Å². The van der Waals surface area contributed by atoms with Crippen LogP contribution in [-0.4, -0.2) is 27.3 Å². The third kappa shape index (κ3) is 4.92. The Morgan fingerprint density at radius 1 is 0.925 bits per heavy atom. The molecule has 5 nitrogen and oxygen atoms in total. The van der Waals surface area contributed by atoms with E-state index in [-0.39, 0.29) is 24.4 Å². The van der Waals surface area contributed by atoms with Crippen LogP contribution in [-0.2, 0) is 23.4 Å². The lowest BCUT2D eigenvalue weighted by Gasteiger charge is -2.47. The van der Waals surface area contributed by atoms with Gasteiger partial charge >= 0.3 is 0 Å². The quantitative estimate of drug-likeness (QED) is 0.280. The molecule has 2 amide bonds. The first-order valence-electron chi connectivity index (χ1n) is 14.5. The molecule has 1 saturated carbocycles. The molecule has 1 aliphatic heterocycles. The lowest BCUT2D eigenvalue weighted by atomic mass is 9.83. The van der Waals surface area contributed by atoms with Gasteiger partial charge in [-0.2, -0.15) is 0 Å². The molecule has 2 aliphatic rings. The SMILES string of the molecule is Cc1ccc2cc3n(c2c1)CC(C(=O)NC1CCCCCCC1)(c1ccccc1)N(Cc1cccc(Cl)c1)C3=O. The fourth-order valence-electron chi connectivity index (χ4n) is 6.55. The van der Waals surface area contributed by atoms with Gasteiger partial charge in [-0.3, -0.25) is 9.59 Å².